The van der Waals surface area contributed by atoms with Gasteiger partial charge in [-0.2, -0.15) is 0 Å². The minimum Gasteiger partial charge on any atom is -0.381 e. The van der Waals surface area contributed by atoms with Crippen molar-refractivity contribution in [1.29, 1.82) is 0 Å². The summed E-state index contributed by atoms with van der Waals surface area (Å²) in [6.07, 6.45) is 1.86. The molecule has 0 aliphatic carbocycles. The Kier molecular flexibility index (Phi) is 5.85. The monoisotopic (exact) mass is 321 g/mol. The summed E-state index contributed by atoms with van der Waals surface area (Å²) in [4.78, 5) is 24.9. The standard InChI is InChI=1S/C14H17N3O2S.C2H6/c1-8-11(10-3-5-19-6-4-10)16-13(17-14(8)18)12-9(2)15-7-20-12;1-2/h7,10H,3-6H2,1-2H3,(H,16,17,18);1-2H3. The van der Waals surface area contributed by atoms with Crippen LogP contribution in [0.1, 0.15) is 49.6 Å². The average molecular weight is 321 g/mol. The zero-order valence-corrected chi connectivity index (χ0v) is 14.4. The first kappa shape index (κ1) is 16.8. The van der Waals surface area contributed by atoms with E-state index in [0.29, 0.717) is 11.7 Å². The van der Waals surface area contributed by atoms with E-state index in [1.165, 1.54) is 11.3 Å². The molecule has 22 heavy (non-hydrogen) atoms. The van der Waals surface area contributed by atoms with Gasteiger partial charge in [0.05, 0.1) is 21.8 Å². The van der Waals surface area contributed by atoms with Crippen LogP contribution in [0.2, 0.25) is 0 Å². The maximum absolute atomic E-state index is 12.2. The molecule has 1 N–H and O–H groups in total. The number of thiazole rings is 1. The Bertz CT molecular complexity index is 672. The number of aryl methyl sites for hydroxylation is 1. The molecule has 0 bridgehead atoms. The van der Waals surface area contributed by atoms with Gasteiger partial charge in [-0.3, -0.25) is 4.79 Å². The van der Waals surface area contributed by atoms with E-state index >= 15 is 0 Å². The van der Waals surface area contributed by atoms with Gasteiger partial charge in [0.15, 0.2) is 5.82 Å². The molecule has 1 aliphatic rings. The Morgan fingerprint density at radius 2 is 1.95 bits per heavy atom. The summed E-state index contributed by atoms with van der Waals surface area (Å²) in [6.45, 7) is 9.26. The quantitative estimate of drug-likeness (QED) is 0.920. The van der Waals surface area contributed by atoms with E-state index in [9.17, 15) is 4.79 Å². The number of ether oxygens (including phenoxy) is 1. The lowest BCUT2D eigenvalue weighted by molar-refractivity contribution is 0.0843. The van der Waals surface area contributed by atoms with Crippen molar-refractivity contribution in [2.45, 2.75) is 46.5 Å². The van der Waals surface area contributed by atoms with Crippen molar-refractivity contribution in [3.8, 4) is 10.7 Å². The lowest BCUT2D eigenvalue weighted by atomic mass is 9.93. The van der Waals surface area contributed by atoms with Gasteiger partial charge in [-0.05, 0) is 26.7 Å². The Morgan fingerprint density at radius 1 is 1.27 bits per heavy atom. The minimum absolute atomic E-state index is 0.0516. The number of hydrogen-bond donors (Lipinski definition) is 1. The zero-order valence-electron chi connectivity index (χ0n) is 13.6. The number of hydrogen-bond acceptors (Lipinski definition) is 5. The zero-order chi connectivity index (χ0) is 16.1. The van der Waals surface area contributed by atoms with Crippen LogP contribution in [-0.4, -0.2) is 28.2 Å². The molecule has 0 unspecified atom stereocenters. The third-order valence-corrected chi connectivity index (χ3v) is 4.69. The summed E-state index contributed by atoms with van der Waals surface area (Å²) < 4.78 is 5.39. The molecule has 1 fully saturated rings. The predicted octanol–water partition coefficient (Wildman–Crippen LogP) is 3.43. The number of aromatic amines is 1. The molecule has 0 atom stereocenters. The normalized spacial score (nSPS) is 15.3. The van der Waals surface area contributed by atoms with Gasteiger partial charge in [-0.15, -0.1) is 11.3 Å². The lowest BCUT2D eigenvalue weighted by Gasteiger charge is -2.22. The third kappa shape index (κ3) is 3.44. The van der Waals surface area contributed by atoms with Crippen molar-refractivity contribution in [2.75, 3.05) is 13.2 Å². The fourth-order valence-corrected chi connectivity index (χ4v) is 3.30. The highest BCUT2D eigenvalue weighted by atomic mass is 32.1. The van der Waals surface area contributed by atoms with E-state index in [1.54, 1.807) is 5.51 Å². The molecule has 0 aromatic carbocycles. The van der Waals surface area contributed by atoms with E-state index in [1.807, 2.05) is 27.7 Å². The highest BCUT2D eigenvalue weighted by Crippen LogP contribution is 2.29. The molecule has 120 valence electrons. The molecule has 0 radical (unpaired) electrons. The molecule has 2 aromatic rings. The maximum atomic E-state index is 12.2. The summed E-state index contributed by atoms with van der Waals surface area (Å²) >= 11 is 1.50. The SMILES string of the molecule is CC.Cc1ncsc1-c1nc(C2CCOCC2)c(C)c(=O)[nH]1. The van der Waals surface area contributed by atoms with E-state index in [0.717, 1.165) is 47.9 Å². The summed E-state index contributed by atoms with van der Waals surface area (Å²) in [6, 6.07) is 0. The van der Waals surface area contributed by atoms with Crippen molar-refractivity contribution in [3.63, 3.8) is 0 Å². The molecule has 1 saturated heterocycles. The fourth-order valence-electron chi connectivity index (χ4n) is 2.56. The molecule has 0 saturated carbocycles. The van der Waals surface area contributed by atoms with Crippen LogP contribution in [0.25, 0.3) is 10.7 Å². The molecule has 0 amide bonds. The first-order valence-corrected chi connectivity index (χ1v) is 8.64. The van der Waals surface area contributed by atoms with E-state index < -0.39 is 0 Å². The van der Waals surface area contributed by atoms with Gasteiger partial charge in [0, 0.05) is 24.7 Å². The fraction of sp³-hybridized carbons (Fsp3) is 0.562. The molecule has 3 rings (SSSR count). The van der Waals surface area contributed by atoms with Crippen molar-refractivity contribution in [3.05, 3.63) is 32.8 Å². The average Bonchev–Trinajstić information content (AvgIpc) is 2.99. The molecule has 0 spiro atoms. The van der Waals surface area contributed by atoms with Crippen molar-refractivity contribution in [2.24, 2.45) is 0 Å². The molecule has 1 aliphatic heterocycles. The van der Waals surface area contributed by atoms with Crippen molar-refractivity contribution < 1.29 is 4.74 Å². The van der Waals surface area contributed by atoms with E-state index in [4.69, 9.17) is 9.72 Å². The second-order valence-corrected chi connectivity index (χ2v) is 5.93. The summed E-state index contributed by atoms with van der Waals surface area (Å²) in [7, 11) is 0. The minimum atomic E-state index is -0.0516. The number of H-pyrrole nitrogens is 1. The summed E-state index contributed by atoms with van der Waals surface area (Å²) in [5.41, 5.74) is 4.27. The lowest BCUT2D eigenvalue weighted by Crippen LogP contribution is -2.22. The van der Waals surface area contributed by atoms with Gasteiger partial charge in [-0.25, -0.2) is 9.97 Å². The number of rotatable bonds is 2. The van der Waals surface area contributed by atoms with Gasteiger partial charge in [0.1, 0.15) is 0 Å². The van der Waals surface area contributed by atoms with Gasteiger partial charge in [0.2, 0.25) is 0 Å². The van der Waals surface area contributed by atoms with Crippen LogP contribution in [0, 0.1) is 13.8 Å². The van der Waals surface area contributed by atoms with Crippen molar-refractivity contribution in [1.82, 2.24) is 15.0 Å². The smallest absolute Gasteiger partial charge is 0.254 e. The summed E-state index contributed by atoms with van der Waals surface area (Å²) in [5.74, 6) is 0.958. The van der Waals surface area contributed by atoms with Crippen LogP contribution >= 0.6 is 11.3 Å². The van der Waals surface area contributed by atoms with Crippen LogP contribution in [0.3, 0.4) is 0 Å². The van der Waals surface area contributed by atoms with Crippen molar-refractivity contribution >= 4 is 11.3 Å². The predicted molar refractivity (Wildman–Crippen MR) is 89.6 cm³/mol. The molecule has 5 nitrogen and oxygen atoms in total. The van der Waals surface area contributed by atoms with Crippen LogP contribution in [-0.2, 0) is 4.74 Å². The third-order valence-electron chi connectivity index (χ3n) is 3.76. The molecular weight excluding hydrogens is 298 g/mol. The topological polar surface area (TPSA) is 67.9 Å². The maximum Gasteiger partial charge on any atom is 0.254 e. The first-order valence-electron chi connectivity index (χ1n) is 7.76. The van der Waals surface area contributed by atoms with Gasteiger partial charge in [-0.1, -0.05) is 13.8 Å². The highest BCUT2D eigenvalue weighted by Gasteiger charge is 2.22. The number of nitrogens with one attached hydrogen (secondary N) is 1. The van der Waals surface area contributed by atoms with Crippen LogP contribution in [0.5, 0.6) is 0 Å². The molecule has 3 heterocycles. The van der Waals surface area contributed by atoms with Gasteiger partial charge >= 0.3 is 0 Å². The number of nitrogens with zero attached hydrogens (tertiary/aromatic N) is 2. The summed E-state index contributed by atoms with van der Waals surface area (Å²) in [5, 5.41) is 0. The second kappa shape index (κ2) is 7.65. The largest absolute Gasteiger partial charge is 0.381 e. The van der Waals surface area contributed by atoms with E-state index in [-0.39, 0.29) is 5.56 Å². The molecule has 2 aromatic heterocycles. The van der Waals surface area contributed by atoms with E-state index in [2.05, 4.69) is 9.97 Å². The highest BCUT2D eigenvalue weighted by molar-refractivity contribution is 7.13. The van der Waals surface area contributed by atoms with Crippen LogP contribution in [0.15, 0.2) is 10.3 Å². The van der Waals surface area contributed by atoms with Crippen LogP contribution < -0.4 is 5.56 Å². The van der Waals surface area contributed by atoms with Gasteiger partial charge < -0.3 is 9.72 Å². The Labute approximate surface area is 134 Å². The Balaban J connectivity index is 0.000000847. The first-order chi connectivity index (χ1) is 10.7. The number of aromatic nitrogens is 3. The second-order valence-electron chi connectivity index (χ2n) is 5.08. The van der Waals surface area contributed by atoms with Gasteiger partial charge in [0.25, 0.3) is 5.56 Å². The Morgan fingerprint density at radius 3 is 2.55 bits per heavy atom. The Hall–Kier alpha value is -1.53. The van der Waals surface area contributed by atoms with Crippen LogP contribution in [0.4, 0.5) is 0 Å². The molecule has 6 heteroatoms. The molecular formula is C16H23N3O2S.